The largest absolute Gasteiger partial charge is 0.481 e. The van der Waals surface area contributed by atoms with Gasteiger partial charge in [-0.15, -0.1) is 0 Å². The molecule has 1 N–H and O–H groups in total. The first-order valence-corrected chi connectivity index (χ1v) is 3.41. The standard InChI is InChI=1S/C8H14O2/c1-6(2)4-7(3)5-8(9)10/h4,6H,5H2,1-3H3,(H,9,10)/b7-4+. The monoisotopic (exact) mass is 142 g/mol. The lowest BCUT2D eigenvalue weighted by Gasteiger charge is -1.98. The second-order valence-corrected chi connectivity index (χ2v) is 2.83. The van der Waals surface area contributed by atoms with Crippen molar-refractivity contribution in [2.24, 2.45) is 5.92 Å². The van der Waals surface area contributed by atoms with Crippen LogP contribution >= 0.6 is 0 Å². The van der Waals surface area contributed by atoms with Gasteiger partial charge in [0.2, 0.25) is 0 Å². The Morgan fingerprint density at radius 2 is 2.10 bits per heavy atom. The summed E-state index contributed by atoms with van der Waals surface area (Å²) in [6.45, 7) is 5.91. The van der Waals surface area contributed by atoms with Crippen molar-refractivity contribution < 1.29 is 9.90 Å². The Hall–Kier alpha value is -0.790. The Kier molecular flexibility index (Phi) is 3.77. The van der Waals surface area contributed by atoms with E-state index >= 15 is 0 Å². The van der Waals surface area contributed by atoms with E-state index in [1.54, 1.807) is 0 Å². The first kappa shape index (κ1) is 9.21. The van der Waals surface area contributed by atoms with Gasteiger partial charge in [-0.1, -0.05) is 25.5 Å². The van der Waals surface area contributed by atoms with Gasteiger partial charge in [0, 0.05) is 0 Å². The van der Waals surface area contributed by atoms with Gasteiger partial charge in [0.15, 0.2) is 0 Å². The molecule has 58 valence electrons. The number of rotatable bonds is 3. The molecule has 0 rings (SSSR count). The maximum absolute atomic E-state index is 10.2. The SMILES string of the molecule is C/C(=C\C(C)C)CC(=O)O. The maximum atomic E-state index is 10.2. The Labute approximate surface area is 61.6 Å². The van der Waals surface area contributed by atoms with E-state index in [2.05, 4.69) is 0 Å². The number of hydrogen-bond acceptors (Lipinski definition) is 1. The van der Waals surface area contributed by atoms with E-state index in [1.165, 1.54) is 0 Å². The minimum Gasteiger partial charge on any atom is -0.481 e. The van der Waals surface area contributed by atoms with Gasteiger partial charge < -0.3 is 5.11 Å². The third-order valence-electron chi connectivity index (χ3n) is 1.05. The Balaban J connectivity index is 3.82. The van der Waals surface area contributed by atoms with Crippen molar-refractivity contribution in [3.63, 3.8) is 0 Å². The zero-order chi connectivity index (χ0) is 8.15. The molecule has 0 heterocycles. The minimum atomic E-state index is -0.755. The van der Waals surface area contributed by atoms with Crippen molar-refractivity contribution >= 4 is 5.97 Å². The minimum absolute atomic E-state index is 0.165. The molecule has 0 saturated heterocycles. The average Bonchev–Trinajstić information content (AvgIpc) is 1.58. The number of allylic oxidation sites excluding steroid dienone is 1. The summed E-state index contributed by atoms with van der Waals surface area (Å²) in [6, 6.07) is 0. The number of carboxylic acid groups (broad SMARTS) is 1. The van der Waals surface area contributed by atoms with Gasteiger partial charge in [-0.05, 0) is 12.8 Å². The fourth-order valence-electron chi connectivity index (χ4n) is 0.866. The predicted molar refractivity (Wildman–Crippen MR) is 40.8 cm³/mol. The molecule has 0 aromatic carbocycles. The van der Waals surface area contributed by atoms with Crippen LogP contribution in [0.2, 0.25) is 0 Å². The summed E-state index contributed by atoms with van der Waals surface area (Å²) in [4.78, 5) is 10.2. The zero-order valence-electron chi connectivity index (χ0n) is 6.72. The van der Waals surface area contributed by atoms with E-state index in [1.807, 2.05) is 26.8 Å². The van der Waals surface area contributed by atoms with Crippen LogP contribution in [0.15, 0.2) is 11.6 Å². The van der Waals surface area contributed by atoms with E-state index in [9.17, 15) is 4.79 Å². The molecular formula is C8H14O2. The van der Waals surface area contributed by atoms with E-state index in [-0.39, 0.29) is 6.42 Å². The highest BCUT2D eigenvalue weighted by atomic mass is 16.4. The van der Waals surface area contributed by atoms with Crippen molar-refractivity contribution in [2.75, 3.05) is 0 Å². The lowest BCUT2D eigenvalue weighted by molar-refractivity contribution is -0.136. The molecule has 0 radical (unpaired) electrons. The van der Waals surface area contributed by atoms with E-state index in [4.69, 9.17) is 5.11 Å². The summed E-state index contributed by atoms with van der Waals surface area (Å²) in [5, 5.41) is 8.36. The van der Waals surface area contributed by atoms with Crippen LogP contribution < -0.4 is 0 Å². The molecule has 0 fully saturated rings. The topological polar surface area (TPSA) is 37.3 Å². The molecule has 2 nitrogen and oxygen atoms in total. The average molecular weight is 142 g/mol. The molecule has 0 amide bonds. The summed E-state index contributed by atoms with van der Waals surface area (Å²) < 4.78 is 0. The van der Waals surface area contributed by atoms with Crippen LogP contribution in [0.1, 0.15) is 27.2 Å². The van der Waals surface area contributed by atoms with Gasteiger partial charge in [-0.25, -0.2) is 0 Å². The van der Waals surface area contributed by atoms with Gasteiger partial charge in [-0.2, -0.15) is 0 Å². The van der Waals surface area contributed by atoms with Crippen LogP contribution in [-0.4, -0.2) is 11.1 Å². The van der Waals surface area contributed by atoms with Gasteiger partial charge in [0.25, 0.3) is 0 Å². The normalized spacial score (nSPS) is 12.2. The van der Waals surface area contributed by atoms with Crippen molar-refractivity contribution in [3.05, 3.63) is 11.6 Å². The molecule has 0 bridgehead atoms. The van der Waals surface area contributed by atoms with E-state index < -0.39 is 5.97 Å². The number of carbonyl (C=O) groups is 1. The molecule has 0 aromatic rings. The van der Waals surface area contributed by atoms with Crippen molar-refractivity contribution in [1.82, 2.24) is 0 Å². The third-order valence-corrected chi connectivity index (χ3v) is 1.05. The fourth-order valence-corrected chi connectivity index (χ4v) is 0.866. The second-order valence-electron chi connectivity index (χ2n) is 2.83. The zero-order valence-corrected chi connectivity index (χ0v) is 6.72. The van der Waals surface area contributed by atoms with Gasteiger partial charge in [0.1, 0.15) is 0 Å². The molecule has 0 saturated carbocycles. The summed E-state index contributed by atoms with van der Waals surface area (Å²) in [7, 11) is 0. The van der Waals surface area contributed by atoms with Crippen LogP contribution in [0.5, 0.6) is 0 Å². The van der Waals surface area contributed by atoms with Crippen LogP contribution in [-0.2, 0) is 4.79 Å². The van der Waals surface area contributed by atoms with Crippen LogP contribution in [0, 0.1) is 5.92 Å². The summed E-state index contributed by atoms with van der Waals surface area (Å²) in [5.41, 5.74) is 0.933. The summed E-state index contributed by atoms with van der Waals surface area (Å²) in [5.74, 6) is -0.311. The van der Waals surface area contributed by atoms with Crippen molar-refractivity contribution in [3.8, 4) is 0 Å². The van der Waals surface area contributed by atoms with Gasteiger partial charge in [-0.3, -0.25) is 4.79 Å². The lowest BCUT2D eigenvalue weighted by atomic mass is 10.1. The number of hydrogen-bond donors (Lipinski definition) is 1. The number of aliphatic carboxylic acids is 1. The first-order chi connectivity index (χ1) is 4.52. The summed E-state index contributed by atoms with van der Waals surface area (Å²) >= 11 is 0. The molecule has 0 aliphatic rings. The van der Waals surface area contributed by atoms with E-state index in [0.717, 1.165) is 5.57 Å². The Bertz CT molecular complexity index is 145. The second kappa shape index (κ2) is 4.09. The Morgan fingerprint density at radius 1 is 1.60 bits per heavy atom. The fraction of sp³-hybridized carbons (Fsp3) is 0.625. The molecule has 0 aromatic heterocycles. The third kappa shape index (κ3) is 5.35. The van der Waals surface area contributed by atoms with Gasteiger partial charge >= 0.3 is 5.97 Å². The van der Waals surface area contributed by atoms with Gasteiger partial charge in [0.05, 0.1) is 6.42 Å². The smallest absolute Gasteiger partial charge is 0.307 e. The highest BCUT2D eigenvalue weighted by molar-refractivity contribution is 5.69. The first-order valence-electron chi connectivity index (χ1n) is 3.41. The molecule has 0 spiro atoms. The highest BCUT2D eigenvalue weighted by Crippen LogP contribution is 2.04. The summed E-state index contributed by atoms with van der Waals surface area (Å²) in [6.07, 6.45) is 2.13. The van der Waals surface area contributed by atoms with Crippen LogP contribution in [0.25, 0.3) is 0 Å². The lowest BCUT2D eigenvalue weighted by Crippen LogP contribution is -1.95. The van der Waals surface area contributed by atoms with Crippen molar-refractivity contribution in [1.29, 1.82) is 0 Å². The quantitative estimate of drug-likeness (QED) is 0.612. The molecule has 0 aliphatic heterocycles. The molecule has 0 atom stereocenters. The predicted octanol–water partition coefficient (Wildman–Crippen LogP) is 2.06. The molecule has 0 unspecified atom stereocenters. The van der Waals surface area contributed by atoms with Crippen LogP contribution in [0.4, 0.5) is 0 Å². The molecule has 0 aliphatic carbocycles. The highest BCUT2D eigenvalue weighted by Gasteiger charge is 1.98. The van der Waals surface area contributed by atoms with Crippen LogP contribution in [0.3, 0.4) is 0 Å². The van der Waals surface area contributed by atoms with Crippen molar-refractivity contribution in [2.45, 2.75) is 27.2 Å². The Morgan fingerprint density at radius 3 is 2.40 bits per heavy atom. The maximum Gasteiger partial charge on any atom is 0.307 e. The molecule has 10 heavy (non-hydrogen) atoms. The molecule has 2 heteroatoms. The molecular weight excluding hydrogens is 128 g/mol. The number of carboxylic acids is 1. The van der Waals surface area contributed by atoms with E-state index in [0.29, 0.717) is 5.92 Å².